The fourth-order valence-corrected chi connectivity index (χ4v) is 6.95. The van der Waals surface area contributed by atoms with Crippen LogP contribution in [0.15, 0.2) is 72.8 Å². The predicted molar refractivity (Wildman–Crippen MR) is 176 cm³/mol. The van der Waals surface area contributed by atoms with E-state index >= 15 is 0 Å². The molecule has 48 heavy (non-hydrogen) atoms. The minimum Gasteiger partial charge on any atom is -0.497 e. The van der Waals surface area contributed by atoms with E-state index < -0.39 is 22.0 Å². The number of halogens is 2. The maximum Gasteiger partial charge on any atom is 0.270 e. The first-order valence-corrected chi connectivity index (χ1v) is 16.1. The molecule has 4 aromatic rings. The summed E-state index contributed by atoms with van der Waals surface area (Å²) in [6, 6.07) is 18.3. The number of hydrogen-bond acceptors (Lipinski definition) is 7. The number of piperidine rings is 1. The van der Waals surface area contributed by atoms with Crippen molar-refractivity contribution in [1.29, 1.82) is 0 Å². The second kappa shape index (κ2) is 12.5. The molecule has 0 radical (unpaired) electrons. The van der Waals surface area contributed by atoms with Gasteiger partial charge in [0.2, 0.25) is 5.91 Å². The Bertz CT molecular complexity index is 1890. The molecule has 0 unspecified atom stereocenters. The highest BCUT2D eigenvalue weighted by Crippen LogP contribution is 2.58. The number of amides is 1. The lowest BCUT2D eigenvalue weighted by Crippen LogP contribution is -2.44. The molecule has 2 fully saturated rings. The molecule has 248 valence electrons. The Hall–Kier alpha value is -5.03. The van der Waals surface area contributed by atoms with Gasteiger partial charge in [0, 0.05) is 36.9 Å². The smallest absolute Gasteiger partial charge is 0.270 e. The second-order valence-electron chi connectivity index (χ2n) is 12.8. The Morgan fingerprint density at radius 1 is 0.938 bits per heavy atom. The molecule has 1 aliphatic carbocycles. The van der Waals surface area contributed by atoms with Crippen LogP contribution in [0, 0.1) is 21.7 Å². The third-order valence-corrected chi connectivity index (χ3v) is 9.78. The monoisotopic (exact) mass is 655 g/mol. The summed E-state index contributed by atoms with van der Waals surface area (Å²) in [4.78, 5) is 29.9. The van der Waals surface area contributed by atoms with Crippen molar-refractivity contribution >= 4 is 17.3 Å². The number of carbonyl (C=O) groups excluding carboxylic acids is 1. The number of nitro benzene ring substituents is 1. The van der Waals surface area contributed by atoms with Gasteiger partial charge in [-0.05, 0) is 91.9 Å². The Kier molecular flexibility index (Phi) is 8.24. The van der Waals surface area contributed by atoms with Gasteiger partial charge in [0.1, 0.15) is 29.2 Å². The number of non-ortho nitro benzene ring substituents is 1. The van der Waals surface area contributed by atoms with Crippen molar-refractivity contribution in [3.63, 3.8) is 0 Å². The first kappa shape index (κ1) is 31.6. The first-order chi connectivity index (χ1) is 23.1. The van der Waals surface area contributed by atoms with Crippen LogP contribution in [0.1, 0.15) is 43.2 Å². The van der Waals surface area contributed by atoms with Gasteiger partial charge in [-0.3, -0.25) is 14.9 Å². The van der Waals surface area contributed by atoms with E-state index in [0.717, 1.165) is 49.5 Å². The largest absolute Gasteiger partial charge is 0.497 e. The number of carbonyl (C=O) groups is 1. The fraction of sp³-hybridized carbons (Fsp3) is 0.324. The van der Waals surface area contributed by atoms with Crippen LogP contribution in [0.5, 0.6) is 23.0 Å². The van der Waals surface area contributed by atoms with Gasteiger partial charge in [-0.1, -0.05) is 18.6 Å². The molecular weight excluding hydrogens is 620 g/mol. The normalized spacial score (nSPS) is 17.2. The van der Waals surface area contributed by atoms with Crippen molar-refractivity contribution in [2.24, 2.45) is 0 Å². The lowest BCUT2D eigenvalue weighted by molar-refractivity contribution is -0.384. The minimum absolute atomic E-state index is 0.00570. The highest BCUT2D eigenvalue weighted by atomic mass is 19.1. The standard InChI is InChI=1S/C37H35F2N3O6/c1-40-16-12-28(13-17-40)47-34-19-24(29-21-26(42(44)45)7-11-32(29)48-33-10-6-25(38)20-31(33)39)18-30-35(34)41(36(43)37(30)14-3-15-37)22-23-4-8-27(46-2)9-5-23/h4-11,18-21,28H,3,12-17,22H2,1-2H3. The van der Waals surface area contributed by atoms with Crippen LogP contribution in [0.3, 0.4) is 0 Å². The zero-order valence-corrected chi connectivity index (χ0v) is 26.7. The average Bonchev–Trinajstić information content (AvgIpc) is 3.31. The van der Waals surface area contributed by atoms with Gasteiger partial charge in [-0.2, -0.15) is 0 Å². The number of methoxy groups -OCH3 is 1. The molecule has 1 spiro atoms. The topological polar surface area (TPSA) is 94.4 Å². The summed E-state index contributed by atoms with van der Waals surface area (Å²) in [5.41, 5.74) is 2.34. The summed E-state index contributed by atoms with van der Waals surface area (Å²) in [5.74, 6) is -0.540. The molecule has 1 saturated carbocycles. The molecular formula is C37H35F2N3O6. The van der Waals surface area contributed by atoms with Gasteiger partial charge in [0.25, 0.3) is 5.69 Å². The molecule has 2 aliphatic heterocycles. The molecule has 4 aromatic carbocycles. The average molecular weight is 656 g/mol. The molecule has 0 bridgehead atoms. The second-order valence-corrected chi connectivity index (χ2v) is 12.8. The summed E-state index contributed by atoms with van der Waals surface area (Å²) >= 11 is 0. The van der Waals surface area contributed by atoms with Crippen molar-refractivity contribution in [1.82, 2.24) is 4.90 Å². The van der Waals surface area contributed by atoms with E-state index in [1.54, 1.807) is 13.2 Å². The van der Waals surface area contributed by atoms with Crippen molar-refractivity contribution < 1.29 is 32.7 Å². The maximum absolute atomic E-state index is 14.7. The zero-order valence-electron chi connectivity index (χ0n) is 26.7. The quantitative estimate of drug-likeness (QED) is 0.134. The maximum atomic E-state index is 14.7. The Labute approximate surface area is 276 Å². The number of nitrogens with zero attached hydrogens (tertiary/aromatic N) is 3. The van der Waals surface area contributed by atoms with E-state index in [1.807, 2.05) is 35.2 Å². The Balaban J connectivity index is 1.38. The minimum atomic E-state index is -0.910. The highest BCUT2D eigenvalue weighted by molar-refractivity contribution is 6.10. The summed E-state index contributed by atoms with van der Waals surface area (Å²) in [5, 5.41) is 11.9. The van der Waals surface area contributed by atoms with Crippen LogP contribution in [-0.2, 0) is 16.8 Å². The van der Waals surface area contributed by atoms with Crippen molar-refractivity contribution in [2.45, 2.75) is 50.2 Å². The lowest BCUT2D eigenvalue weighted by atomic mass is 9.65. The van der Waals surface area contributed by atoms with Crippen molar-refractivity contribution in [3.05, 3.63) is 106 Å². The van der Waals surface area contributed by atoms with E-state index in [4.69, 9.17) is 14.2 Å². The fourth-order valence-electron chi connectivity index (χ4n) is 6.95. The lowest BCUT2D eigenvalue weighted by Gasteiger charge is -2.37. The number of ether oxygens (including phenoxy) is 3. The number of rotatable bonds is 9. The third kappa shape index (κ3) is 5.72. The highest BCUT2D eigenvalue weighted by Gasteiger charge is 2.55. The van der Waals surface area contributed by atoms with Gasteiger partial charge in [0.05, 0.1) is 29.7 Å². The van der Waals surface area contributed by atoms with E-state index in [0.29, 0.717) is 53.8 Å². The molecule has 2 heterocycles. The molecule has 0 atom stereocenters. The van der Waals surface area contributed by atoms with Crippen LogP contribution in [0.25, 0.3) is 11.1 Å². The molecule has 3 aliphatic rings. The van der Waals surface area contributed by atoms with Crippen LogP contribution in [-0.4, -0.2) is 49.1 Å². The molecule has 0 aromatic heterocycles. The van der Waals surface area contributed by atoms with Crippen LogP contribution < -0.4 is 19.1 Å². The van der Waals surface area contributed by atoms with Crippen LogP contribution in [0.2, 0.25) is 0 Å². The molecule has 9 nitrogen and oxygen atoms in total. The number of benzene rings is 4. The SMILES string of the molecule is COc1ccc(CN2C(=O)C3(CCC3)c3cc(-c4cc([N+](=O)[O-])ccc4Oc4ccc(F)cc4F)cc(OC4CCN(C)CC4)c32)cc1. The van der Waals surface area contributed by atoms with Crippen molar-refractivity contribution in [3.8, 4) is 34.1 Å². The number of anilines is 1. The zero-order chi connectivity index (χ0) is 33.6. The number of likely N-dealkylation sites (tertiary alicyclic amines) is 1. The molecule has 11 heteroatoms. The van der Waals surface area contributed by atoms with Gasteiger partial charge in [-0.25, -0.2) is 8.78 Å². The van der Waals surface area contributed by atoms with E-state index in [9.17, 15) is 23.7 Å². The summed E-state index contributed by atoms with van der Waals surface area (Å²) in [6.45, 7) is 2.05. The van der Waals surface area contributed by atoms with Gasteiger partial charge in [0.15, 0.2) is 11.6 Å². The molecule has 0 N–H and O–H groups in total. The third-order valence-electron chi connectivity index (χ3n) is 9.78. The van der Waals surface area contributed by atoms with Gasteiger partial charge < -0.3 is 24.0 Å². The molecule has 7 rings (SSSR count). The predicted octanol–water partition coefficient (Wildman–Crippen LogP) is 7.78. The summed E-state index contributed by atoms with van der Waals surface area (Å²) in [7, 11) is 3.67. The van der Waals surface area contributed by atoms with Crippen LogP contribution >= 0.6 is 0 Å². The molecule has 1 saturated heterocycles. The number of nitro groups is 1. The van der Waals surface area contributed by atoms with E-state index in [1.165, 1.54) is 24.3 Å². The number of fused-ring (bicyclic) bond motifs is 2. The first-order valence-electron chi connectivity index (χ1n) is 16.1. The summed E-state index contributed by atoms with van der Waals surface area (Å²) < 4.78 is 46.5. The van der Waals surface area contributed by atoms with E-state index in [2.05, 4.69) is 11.9 Å². The van der Waals surface area contributed by atoms with E-state index in [-0.39, 0.29) is 29.2 Å². The Morgan fingerprint density at radius 2 is 1.67 bits per heavy atom. The van der Waals surface area contributed by atoms with Gasteiger partial charge >= 0.3 is 0 Å². The van der Waals surface area contributed by atoms with Gasteiger partial charge in [-0.15, -0.1) is 0 Å². The van der Waals surface area contributed by atoms with Crippen LogP contribution in [0.4, 0.5) is 20.2 Å². The molecule has 1 amide bonds. The number of hydrogen-bond donors (Lipinski definition) is 0. The Morgan fingerprint density at radius 3 is 2.31 bits per heavy atom. The summed E-state index contributed by atoms with van der Waals surface area (Å²) in [6.07, 6.45) is 3.68. The van der Waals surface area contributed by atoms with Crippen molar-refractivity contribution in [2.75, 3.05) is 32.1 Å².